The standard InChI is InChI=1S/C14H17NO2/c1-10(2)8-15-9-12-7-11-5-4-6-13(16-3)14(11)17-12/h4-7,15H,1,8-9H2,2-3H3. The van der Waals surface area contributed by atoms with Crippen molar-refractivity contribution in [3.63, 3.8) is 0 Å². The molecule has 1 aromatic heterocycles. The normalized spacial score (nSPS) is 10.7. The zero-order valence-corrected chi connectivity index (χ0v) is 10.2. The molecule has 0 radical (unpaired) electrons. The summed E-state index contributed by atoms with van der Waals surface area (Å²) in [5.74, 6) is 1.68. The van der Waals surface area contributed by atoms with Crippen LogP contribution in [-0.4, -0.2) is 13.7 Å². The minimum absolute atomic E-state index is 0.699. The third kappa shape index (κ3) is 2.68. The van der Waals surface area contributed by atoms with Crippen molar-refractivity contribution in [2.75, 3.05) is 13.7 Å². The summed E-state index contributed by atoms with van der Waals surface area (Å²) in [5.41, 5.74) is 1.92. The zero-order chi connectivity index (χ0) is 12.3. The minimum atomic E-state index is 0.699. The molecule has 0 fully saturated rings. The predicted octanol–water partition coefficient (Wildman–Crippen LogP) is 3.11. The van der Waals surface area contributed by atoms with Crippen LogP contribution in [0.1, 0.15) is 12.7 Å². The quantitative estimate of drug-likeness (QED) is 0.803. The van der Waals surface area contributed by atoms with Gasteiger partial charge in [0.1, 0.15) is 5.76 Å². The van der Waals surface area contributed by atoms with Gasteiger partial charge in [-0.25, -0.2) is 0 Å². The molecule has 0 bridgehead atoms. The Hall–Kier alpha value is -1.74. The van der Waals surface area contributed by atoms with E-state index < -0.39 is 0 Å². The van der Waals surface area contributed by atoms with E-state index in [0.29, 0.717) is 6.54 Å². The molecule has 1 N–H and O–H groups in total. The van der Waals surface area contributed by atoms with E-state index in [2.05, 4.69) is 11.9 Å². The number of nitrogens with one attached hydrogen (secondary N) is 1. The second kappa shape index (κ2) is 5.06. The third-order valence-electron chi connectivity index (χ3n) is 2.50. The van der Waals surface area contributed by atoms with Crippen molar-refractivity contribution < 1.29 is 9.15 Å². The summed E-state index contributed by atoms with van der Waals surface area (Å²) in [6.07, 6.45) is 0. The molecule has 0 spiro atoms. The van der Waals surface area contributed by atoms with Crippen LogP contribution in [0.25, 0.3) is 11.0 Å². The van der Waals surface area contributed by atoms with Crippen LogP contribution in [0.15, 0.2) is 40.8 Å². The van der Waals surface area contributed by atoms with Crippen LogP contribution in [0.4, 0.5) is 0 Å². The van der Waals surface area contributed by atoms with E-state index in [1.165, 1.54) is 0 Å². The Morgan fingerprint density at radius 1 is 1.47 bits per heavy atom. The van der Waals surface area contributed by atoms with Crippen molar-refractivity contribution in [2.24, 2.45) is 0 Å². The average Bonchev–Trinajstić information content (AvgIpc) is 2.70. The van der Waals surface area contributed by atoms with Gasteiger partial charge >= 0.3 is 0 Å². The maximum Gasteiger partial charge on any atom is 0.176 e. The second-order valence-corrected chi connectivity index (χ2v) is 4.15. The molecule has 90 valence electrons. The summed E-state index contributed by atoms with van der Waals surface area (Å²) in [6, 6.07) is 7.91. The summed E-state index contributed by atoms with van der Waals surface area (Å²) in [7, 11) is 1.65. The maximum atomic E-state index is 5.75. The fourth-order valence-corrected chi connectivity index (χ4v) is 1.74. The van der Waals surface area contributed by atoms with Crippen molar-refractivity contribution in [1.82, 2.24) is 5.32 Å². The van der Waals surface area contributed by atoms with Gasteiger partial charge in [0, 0.05) is 11.9 Å². The topological polar surface area (TPSA) is 34.4 Å². The number of benzene rings is 1. The molecule has 3 heteroatoms. The smallest absolute Gasteiger partial charge is 0.176 e. The molecule has 0 aliphatic carbocycles. The van der Waals surface area contributed by atoms with E-state index in [4.69, 9.17) is 9.15 Å². The van der Waals surface area contributed by atoms with E-state index in [9.17, 15) is 0 Å². The van der Waals surface area contributed by atoms with Crippen molar-refractivity contribution in [3.05, 3.63) is 42.2 Å². The molecule has 0 aliphatic rings. The Morgan fingerprint density at radius 3 is 3.00 bits per heavy atom. The number of para-hydroxylation sites is 1. The fourth-order valence-electron chi connectivity index (χ4n) is 1.74. The van der Waals surface area contributed by atoms with Gasteiger partial charge in [-0.05, 0) is 19.1 Å². The lowest BCUT2D eigenvalue weighted by molar-refractivity contribution is 0.406. The number of hydrogen-bond donors (Lipinski definition) is 1. The summed E-state index contributed by atoms with van der Waals surface area (Å²) in [4.78, 5) is 0. The summed E-state index contributed by atoms with van der Waals surface area (Å²) >= 11 is 0. The lowest BCUT2D eigenvalue weighted by Crippen LogP contribution is -2.14. The highest BCUT2D eigenvalue weighted by atomic mass is 16.5. The Kier molecular flexibility index (Phi) is 3.49. The molecule has 1 heterocycles. The summed E-state index contributed by atoms with van der Waals surface area (Å²) in [6.45, 7) is 7.34. The Bertz CT molecular complexity index is 528. The van der Waals surface area contributed by atoms with Crippen molar-refractivity contribution in [3.8, 4) is 5.75 Å². The largest absolute Gasteiger partial charge is 0.493 e. The second-order valence-electron chi connectivity index (χ2n) is 4.15. The molecule has 3 nitrogen and oxygen atoms in total. The molecule has 0 saturated heterocycles. The van der Waals surface area contributed by atoms with Crippen LogP contribution >= 0.6 is 0 Å². The van der Waals surface area contributed by atoms with Gasteiger partial charge in [0.15, 0.2) is 11.3 Å². The minimum Gasteiger partial charge on any atom is -0.493 e. The summed E-state index contributed by atoms with van der Waals surface area (Å²) in [5, 5.41) is 4.33. The number of rotatable bonds is 5. The molecule has 0 amide bonds. The molecule has 0 atom stereocenters. The zero-order valence-electron chi connectivity index (χ0n) is 10.2. The number of furan rings is 1. The molecule has 0 saturated carbocycles. The van der Waals surface area contributed by atoms with Crippen LogP contribution in [0, 0.1) is 0 Å². The average molecular weight is 231 g/mol. The SMILES string of the molecule is C=C(C)CNCc1cc2cccc(OC)c2o1. The highest BCUT2D eigenvalue weighted by Crippen LogP contribution is 2.28. The third-order valence-corrected chi connectivity index (χ3v) is 2.50. The lowest BCUT2D eigenvalue weighted by atomic mass is 10.2. The van der Waals surface area contributed by atoms with E-state index in [-0.39, 0.29) is 0 Å². The first-order valence-corrected chi connectivity index (χ1v) is 5.61. The first kappa shape index (κ1) is 11.7. The number of ether oxygens (including phenoxy) is 1. The van der Waals surface area contributed by atoms with E-state index in [0.717, 1.165) is 34.6 Å². The van der Waals surface area contributed by atoms with E-state index in [1.807, 2.05) is 31.2 Å². The lowest BCUT2D eigenvalue weighted by Gasteiger charge is -2.01. The molecule has 2 aromatic rings. The van der Waals surface area contributed by atoms with Gasteiger partial charge in [-0.3, -0.25) is 0 Å². The van der Waals surface area contributed by atoms with Gasteiger partial charge in [0.25, 0.3) is 0 Å². The Morgan fingerprint density at radius 2 is 2.29 bits per heavy atom. The highest BCUT2D eigenvalue weighted by Gasteiger charge is 2.07. The molecule has 1 aromatic carbocycles. The van der Waals surface area contributed by atoms with Crippen molar-refractivity contribution >= 4 is 11.0 Å². The molecular formula is C14H17NO2. The van der Waals surface area contributed by atoms with Gasteiger partial charge in [-0.15, -0.1) is 0 Å². The predicted molar refractivity (Wildman–Crippen MR) is 69.3 cm³/mol. The van der Waals surface area contributed by atoms with Crippen molar-refractivity contribution in [2.45, 2.75) is 13.5 Å². The molecule has 2 rings (SSSR count). The monoisotopic (exact) mass is 231 g/mol. The first-order chi connectivity index (χ1) is 8.20. The maximum absolute atomic E-state index is 5.75. The molecule has 0 unspecified atom stereocenters. The molecular weight excluding hydrogens is 214 g/mol. The van der Waals surface area contributed by atoms with Gasteiger partial charge in [0.2, 0.25) is 0 Å². The fraction of sp³-hybridized carbons (Fsp3) is 0.286. The Labute approximate surface area is 101 Å². The van der Waals surface area contributed by atoms with Crippen molar-refractivity contribution in [1.29, 1.82) is 0 Å². The van der Waals surface area contributed by atoms with Gasteiger partial charge < -0.3 is 14.5 Å². The number of methoxy groups -OCH3 is 1. The van der Waals surface area contributed by atoms with Crippen LogP contribution in [0.3, 0.4) is 0 Å². The van der Waals surface area contributed by atoms with Crippen LogP contribution in [-0.2, 0) is 6.54 Å². The van der Waals surface area contributed by atoms with Gasteiger partial charge in [-0.1, -0.05) is 24.3 Å². The van der Waals surface area contributed by atoms with E-state index in [1.54, 1.807) is 7.11 Å². The molecule has 17 heavy (non-hydrogen) atoms. The number of fused-ring (bicyclic) bond motifs is 1. The van der Waals surface area contributed by atoms with Crippen LogP contribution in [0.2, 0.25) is 0 Å². The Balaban J connectivity index is 2.17. The first-order valence-electron chi connectivity index (χ1n) is 5.61. The van der Waals surface area contributed by atoms with Crippen LogP contribution < -0.4 is 10.1 Å². The highest BCUT2D eigenvalue weighted by molar-refractivity contribution is 5.83. The summed E-state index contributed by atoms with van der Waals surface area (Å²) < 4.78 is 11.0. The number of hydrogen-bond acceptors (Lipinski definition) is 3. The van der Waals surface area contributed by atoms with Gasteiger partial charge in [0.05, 0.1) is 13.7 Å². The molecule has 0 aliphatic heterocycles. The van der Waals surface area contributed by atoms with Gasteiger partial charge in [-0.2, -0.15) is 0 Å². The van der Waals surface area contributed by atoms with E-state index >= 15 is 0 Å². The van der Waals surface area contributed by atoms with Crippen LogP contribution in [0.5, 0.6) is 5.75 Å².